The molecule has 22 heavy (non-hydrogen) atoms. The van der Waals surface area contributed by atoms with Gasteiger partial charge in [0.1, 0.15) is 6.10 Å². The van der Waals surface area contributed by atoms with Crippen LogP contribution in [0.1, 0.15) is 24.0 Å². The van der Waals surface area contributed by atoms with Crippen LogP contribution in [0, 0.1) is 6.92 Å². The zero-order valence-corrected chi connectivity index (χ0v) is 14.0. The summed E-state index contributed by atoms with van der Waals surface area (Å²) in [6.07, 6.45) is 3.22. The third-order valence-electron chi connectivity index (χ3n) is 3.65. The summed E-state index contributed by atoms with van der Waals surface area (Å²) in [4.78, 5) is 12.1. The molecule has 0 radical (unpaired) electrons. The van der Waals surface area contributed by atoms with Crippen LogP contribution < -0.4 is 5.32 Å². The van der Waals surface area contributed by atoms with Gasteiger partial charge in [0.05, 0.1) is 11.0 Å². The van der Waals surface area contributed by atoms with Crippen LogP contribution in [-0.2, 0) is 16.1 Å². The van der Waals surface area contributed by atoms with Crippen LogP contribution in [0.2, 0.25) is 0 Å². The maximum absolute atomic E-state index is 12.1. The Balaban J connectivity index is 1.67. The number of hydrogen-bond acceptors (Lipinski definition) is 3. The van der Waals surface area contributed by atoms with Crippen molar-refractivity contribution in [3.8, 4) is 0 Å². The van der Waals surface area contributed by atoms with Crippen LogP contribution in [0.15, 0.2) is 34.9 Å². The number of anilines is 1. The molecule has 2 heterocycles. The topological polar surface area (TPSA) is 56.2 Å². The maximum atomic E-state index is 12.1. The summed E-state index contributed by atoms with van der Waals surface area (Å²) in [5.74, 6) is 0.409. The molecule has 0 saturated carbocycles. The average molecular weight is 364 g/mol. The van der Waals surface area contributed by atoms with Gasteiger partial charge >= 0.3 is 0 Å². The Kier molecular flexibility index (Phi) is 4.59. The second-order valence-electron chi connectivity index (χ2n) is 5.50. The molecule has 1 aromatic carbocycles. The van der Waals surface area contributed by atoms with Crippen molar-refractivity contribution in [3.05, 3.63) is 46.1 Å². The van der Waals surface area contributed by atoms with Crippen molar-refractivity contribution in [1.82, 2.24) is 9.78 Å². The van der Waals surface area contributed by atoms with Gasteiger partial charge in [0, 0.05) is 12.8 Å². The Morgan fingerprint density at radius 3 is 2.91 bits per heavy atom. The second-order valence-corrected chi connectivity index (χ2v) is 6.35. The van der Waals surface area contributed by atoms with Crippen LogP contribution in [0.5, 0.6) is 0 Å². The number of carbonyl (C=O) groups is 1. The van der Waals surface area contributed by atoms with Crippen LogP contribution in [0.3, 0.4) is 0 Å². The molecular formula is C16H18BrN3O2. The molecule has 2 aromatic rings. The number of ether oxygens (including phenoxy) is 1. The predicted octanol–water partition coefficient (Wildman–Crippen LogP) is 3.12. The summed E-state index contributed by atoms with van der Waals surface area (Å²) >= 11 is 3.44. The van der Waals surface area contributed by atoms with Crippen molar-refractivity contribution < 1.29 is 9.53 Å². The molecule has 1 aliphatic rings. The summed E-state index contributed by atoms with van der Waals surface area (Å²) in [6, 6.07) is 8.31. The molecule has 1 atom stereocenters. The van der Waals surface area contributed by atoms with E-state index in [0.29, 0.717) is 19.0 Å². The summed E-state index contributed by atoms with van der Waals surface area (Å²) in [5.41, 5.74) is 2.40. The van der Waals surface area contributed by atoms with Crippen molar-refractivity contribution in [2.45, 2.75) is 32.4 Å². The lowest BCUT2D eigenvalue weighted by Crippen LogP contribution is -2.27. The molecule has 0 bridgehead atoms. The van der Waals surface area contributed by atoms with E-state index >= 15 is 0 Å². The Labute approximate surface area is 137 Å². The molecule has 116 valence electrons. The third kappa shape index (κ3) is 3.56. The highest BCUT2D eigenvalue weighted by molar-refractivity contribution is 9.10. The fourth-order valence-electron chi connectivity index (χ4n) is 2.42. The molecule has 5 nitrogen and oxygen atoms in total. The molecule has 1 saturated heterocycles. The van der Waals surface area contributed by atoms with Crippen LogP contribution in [0.4, 0.5) is 5.82 Å². The first-order chi connectivity index (χ1) is 10.6. The van der Waals surface area contributed by atoms with Gasteiger partial charge in [0.15, 0.2) is 5.82 Å². The van der Waals surface area contributed by atoms with E-state index in [2.05, 4.69) is 57.5 Å². The highest BCUT2D eigenvalue weighted by Crippen LogP contribution is 2.22. The van der Waals surface area contributed by atoms with Gasteiger partial charge in [-0.3, -0.25) is 9.48 Å². The van der Waals surface area contributed by atoms with Crippen molar-refractivity contribution in [2.75, 3.05) is 11.9 Å². The lowest BCUT2D eigenvalue weighted by Gasteiger charge is -2.08. The number of halogens is 1. The normalized spacial score (nSPS) is 17.6. The fraction of sp³-hybridized carbons (Fsp3) is 0.375. The van der Waals surface area contributed by atoms with Gasteiger partial charge in [-0.25, -0.2) is 0 Å². The first-order valence-electron chi connectivity index (χ1n) is 7.33. The summed E-state index contributed by atoms with van der Waals surface area (Å²) in [7, 11) is 0. The summed E-state index contributed by atoms with van der Waals surface area (Å²) in [5, 5.41) is 7.25. The smallest absolute Gasteiger partial charge is 0.254 e. The van der Waals surface area contributed by atoms with Crippen LogP contribution in [0.25, 0.3) is 0 Å². The molecule has 1 amide bonds. The van der Waals surface area contributed by atoms with E-state index in [1.165, 1.54) is 5.56 Å². The largest absolute Gasteiger partial charge is 0.368 e. The second kappa shape index (κ2) is 6.62. The van der Waals surface area contributed by atoms with Crippen molar-refractivity contribution >= 4 is 27.7 Å². The molecule has 1 aliphatic heterocycles. The quantitative estimate of drug-likeness (QED) is 0.907. The van der Waals surface area contributed by atoms with E-state index in [9.17, 15) is 4.79 Å². The van der Waals surface area contributed by atoms with Gasteiger partial charge in [0.2, 0.25) is 0 Å². The first-order valence-corrected chi connectivity index (χ1v) is 8.12. The van der Waals surface area contributed by atoms with Crippen molar-refractivity contribution in [2.24, 2.45) is 0 Å². The Morgan fingerprint density at radius 2 is 2.23 bits per heavy atom. The lowest BCUT2D eigenvalue weighted by atomic mass is 10.1. The van der Waals surface area contributed by atoms with Gasteiger partial charge in [-0.1, -0.05) is 29.8 Å². The van der Waals surface area contributed by atoms with Gasteiger partial charge in [-0.15, -0.1) is 0 Å². The van der Waals surface area contributed by atoms with Gasteiger partial charge in [0.25, 0.3) is 5.91 Å². The molecule has 1 N–H and O–H groups in total. The summed E-state index contributed by atoms with van der Waals surface area (Å²) in [6.45, 7) is 3.38. The number of amides is 1. The number of aryl methyl sites for hydroxylation is 1. The zero-order chi connectivity index (χ0) is 15.5. The van der Waals surface area contributed by atoms with Crippen molar-refractivity contribution in [3.63, 3.8) is 0 Å². The maximum Gasteiger partial charge on any atom is 0.254 e. The monoisotopic (exact) mass is 363 g/mol. The number of rotatable bonds is 4. The number of nitrogens with zero attached hydrogens (tertiary/aromatic N) is 2. The lowest BCUT2D eigenvalue weighted by molar-refractivity contribution is -0.124. The first kappa shape index (κ1) is 15.2. The minimum Gasteiger partial charge on any atom is -0.368 e. The van der Waals surface area contributed by atoms with E-state index in [-0.39, 0.29) is 12.0 Å². The van der Waals surface area contributed by atoms with Crippen LogP contribution in [-0.4, -0.2) is 28.4 Å². The molecule has 3 rings (SSSR count). The average Bonchev–Trinajstić information content (AvgIpc) is 3.12. The molecule has 1 unspecified atom stereocenters. The molecule has 1 fully saturated rings. The van der Waals surface area contributed by atoms with Crippen LogP contribution >= 0.6 is 15.9 Å². The highest BCUT2D eigenvalue weighted by atomic mass is 79.9. The molecule has 6 heteroatoms. The molecule has 0 aliphatic carbocycles. The van der Waals surface area contributed by atoms with E-state index < -0.39 is 0 Å². The Hall–Kier alpha value is -1.66. The molecule has 0 spiro atoms. The Bertz CT molecular complexity index is 661. The SMILES string of the molecule is Cc1ccc(Cn2cc(Br)c(NC(=O)C3CCCO3)n2)cc1. The van der Waals surface area contributed by atoms with E-state index in [0.717, 1.165) is 22.9 Å². The van der Waals surface area contributed by atoms with Gasteiger partial charge in [-0.05, 0) is 41.3 Å². The van der Waals surface area contributed by atoms with E-state index in [1.807, 2.05) is 6.20 Å². The summed E-state index contributed by atoms with van der Waals surface area (Å²) < 4.78 is 7.95. The number of hydrogen-bond donors (Lipinski definition) is 1. The number of aromatic nitrogens is 2. The number of carbonyl (C=O) groups excluding carboxylic acids is 1. The zero-order valence-electron chi connectivity index (χ0n) is 12.4. The Morgan fingerprint density at radius 1 is 1.45 bits per heavy atom. The third-order valence-corrected chi connectivity index (χ3v) is 4.23. The molecule has 1 aromatic heterocycles. The highest BCUT2D eigenvalue weighted by Gasteiger charge is 2.24. The standard InChI is InChI=1S/C16H18BrN3O2/c1-11-4-6-12(7-5-11)9-20-10-13(17)15(19-20)18-16(21)14-3-2-8-22-14/h4-7,10,14H,2-3,8-9H2,1H3,(H,18,19,21). The van der Waals surface area contributed by atoms with E-state index in [1.54, 1.807) is 4.68 Å². The van der Waals surface area contributed by atoms with Crippen molar-refractivity contribution in [1.29, 1.82) is 0 Å². The fourth-order valence-corrected chi connectivity index (χ4v) is 2.84. The minimum absolute atomic E-state index is 0.126. The minimum atomic E-state index is -0.353. The number of nitrogens with one attached hydrogen (secondary N) is 1. The van der Waals surface area contributed by atoms with Gasteiger partial charge < -0.3 is 10.1 Å². The van der Waals surface area contributed by atoms with Gasteiger partial charge in [-0.2, -0.15) is 5.10 Å². The number of benzene rings is 1. The predicted molar refractivity (Wildman–Crippen MR) is 87.8 cm³/mol. The van der Waals surface area contributed by atoms with E-state index in [4.69, 9.17) is 4.74 Å². The molecular weight excluding hydrogens is 346 g/mol.